The van der Waals surface area contributed by atoms with Gasteiger partial charge in [-0.25, -0.2) is 0 Å². The maximum atomic E-state index is 13.7. The van der Waals surface area contributed by atoms with E-state index in [0.717, 1.165) is 35.3 Å². The lowest BCUT2D eigenvalue weighted by atomic mass is 9.94. The molecule has 2 amide bonds. The van der Waals surface area contributed by atoms with E-state index >= 15 is 0 Å². The molecule has 0 unspecified atom stereocenters. The lowest BCUT2D eigenvalue weighted by Crippen LogP contribution is -2.45. The minimum Gasteiger partial charge on any atom is -0.489 e. The monoisotopic (exact) mass is 624 g/mol. The average molecular weight is 625 g/mol. The molecule has 2 N–H and O–H groups in total. The van der Waals surface area contributed by atoms with Gasteiger partial charge in [0, 0.05) is 13.0 Å². The van der Waals surface area contributed by atoms with Crippen LogP contribution in [0.1, 0.15) is 48.8 Å². The van der Waals surface area contributed by atoms with Gasteiger partial charge in [0.1, 0.15) is 19.0 Å². The van der Waals surface area contributed by atoms with Crippen molar-refractivity contribution in [2.45, 2.75) is 63.6 Å². The number of aliphatic hydroxyl groups excluding tert-OH is 1. The third-order valence-corrected chi connectivity index (χ3v) is 8.79. The first kappa shape index (κ1) is 32.9. The number of carbonyl (C=O) groups excluding carboxylic acids is 3. The summed E-state index contributed by atoms with van der Waals surface area (Å²) < 4.78 is 11.8. The molecule has 0 bridgehead atoms. The molecule has 3 aromatic rings. The highest BCUT2D eigenvalue weighted by Crippen LogP contribution is 2.23. The van der Waals surface area contributed by atoms with Crippen LogP contribution in [0.5, 0.6) is 5.75 Å². The number of carbonyl (C=O) groups is 3. The number of hydrogen-bond donors (Lipinski definition) is 2. The maximum Gasteiger partial charge on any atom is 0.309 e. The van der Waals surface area contributed by atoms with Crippen molar-refractivity contribution >= 4 is 17.8 Å². The molecule has 0 saturated carbocycles. The number of likely N-dealkylation sites (tertiary alicyclic amines) is 1. The smallest absolute Gasteiger partial charge is 0.309 e. The summed E-state index contributed by atoms with van der Waals surface area (Å²) in [6, 6.07) is 26.8. The molecule has 1 fully saturated rings. The van der Waals surface area contributed by atoms with Gasteiger partial charge >= 0.3 is 5.97 Å². The van der Waals surface area contributed by atoms with Crippen LogP contribution in [0.25, 0.3) is 0 Å². The second kappa shape index (κ2) is 16.8. The quantitative estimate of drug-likeness (QED) is 0.242. The number of ether oxygens (including phenoxy) is 2. The van der Waals surface area contributed by atoms with E-state index in [2.05, 4.69) is 5.32 Å². The van der Waals surface area contributed by atoms with Crippen molar-refractivity contribution in [3.8, 4) is 5.75 Å². The lowest BCUT2D eigenvalue weighted by molar-refractivity contribution is -0.150. The van der Waals surface area contributed by atoms with Crippen LogP contribution < -0.4 is 10.1 Å². The fourth-order valence-corrected chi connectivity index (χ4v) is 6.17. The first-order valence-electron chi connectivity index (χ1n) is 16.3. The second-order valence-electron chi connectivity index (χ2n) is 12.3. The molecule has 0 aliphatic carbocycles. The van der Waals surface area contributed by atoms with E-state index in [1.807, 2.05) is 97.1 Å². The molecule has 5 rings (SSSR count). The van der Waals surface area contributed by atoms with Crippen molar-refractivity contribution in [3.63, 3.8) is 0 Å². The van der Waals surface area contributed by atoms with Crippen molar-refractivity contribution in [2.24, 2.45) is 11.8 Å². The third kappa shape index (κ3) is 9.54. The Labute approximate surface area is 271 Å². The van der Waals surface area contributed by atoms with Gasteiger partial charge in [-0.05, 0) is 67.3 Å². The zero-order chi connectivity index (χ0) is 32.1. The molecule has 0 radical (unpaired) electrons. The molecule has 3 aromatic carbocycles. The Kier molecular flexibility index (Phi) is 12.0. The van der Waals surface area contributed by atoms with E-state index < -0.39 is 12.0 Å². The summed E-state index contributed by atoms with van der Waals surface area (Å²) in [5.74, 6) is -0.878. The Hall–Kier alpha value is -4.43. The van der Waals surface area contributed by atoms with Gasteiger partial charge in [0.2, 0.25) is 11.8 Å². The molecular weight excluding hydrogens is 580 g/mol. The van der Waals surface area contributed by atoms with Gasteiger partial charge in [0.25, 0.3) is 0 Å². The number of aliphatic hydroxyl groups is 1. The van der Waals surface area contributed by atoms with Crippen LogP contribution in [0.4, 0.5) is 0 Å². The number of nitrogens with one attached hydrogen (secondary N) is 1. The molecule has 4 atom stereocenters. The highest BCUT2D eigenvalue weighted by molar-refractivity contribution is 5.86. The van der Waals surface area contributed by atoms with Gasteiger partial charge < -0.3 is 24.8 Å². The summed E-state index contributed by atoms with van der Waals surface area (Å²) in [6.45, 7) is 1.00. The minimum absolute atomic E-state index is 0.0191. The summed E-state index contributed by atoms with van der Waals surface area (Å²) in [4.78, 5) is 42.0. The van der Waals surface area contributed by atoms with Crippen LogP contribution in [0, 0.1) is 11.8 Å². The van der Waals surface area contributed by atoms with Crippen LogP contribution in [-0.2, 0) is 38.6 Å². The topological polar surface area (TPSA) is 105 Å². The summed E-state index contributed by atoms with van der Waals surface area (Å²) >= 11 is 0. The van der Waals surface area contributed by atoms with Crippen molar-refractivity contribution < 1.29 is 29.0 Å². The molecule has 2 aliphatic rings. The maximum absolute atomic E-state index is 13.7. The largest absolute Gasteiger partial charge is 0.489 e. The number of hydrogen-bond acceptors (Lipinski definition) is 6. The standard InChI is InChI=1S/C38H44N2O6/c41-25-34-16-9-21-40(34)36(42)24-31-14-7-8-15-32(22-28-10-3-1-4-11-28)38(44)46-27-33(39-37(31)43)23-29-17-19-35(20-18-29)45-26-30-12-5-2-6-13-30/h1-8,10-13,17-20,31-34,41H,9,14-16,21-27H2,(H,39,43)/t31-,32-,33+,34+/m1/s1. The fraction of sp³-hybridized carbons (Fsp3) is 0.395. The van der Waals surface area contributed by atoms with E-state index in [-0.39, 0.29) is 49.4 Å². The molecule has 8 heteroatoms. The van der Waals surface area contributed by atoms with Gasteiger partial charge in [-0.2, -0.15) is 0 Å². The van der Waals surface area contributed by atoms with Crippen LogP contribution in [0.2, 0.25) is 0 Å². The van der Waals surface area contributed by atoms with Crippen LogP contribution in [0.15, 0.2) is 97.1 Å². The molecule has 46 heavy (non-hydrogen) atoms. The highest BCUT2D eigenvalue weighted by Gasteiger charge is 2.32. The first-order valence-corrected chi connectivity index (χ1v) is 16.3. The number of amides is 2. The van der Waals surface area contributed by atoms with Gasteiger partial charge in [-0.15, -0.1) is 0 Å². The number of rotatable bonds is 10. The van der Waals surface area contributed by atoms with Crippen molar-refractivity contribution in [2.75, 3.05) is 19.8 Å². The summed E-state index contributed by atoms with van der Waals surface area (Å²) in [6.07, 6.45) is 7.34. The van der Waals surface area contributed by atoms with Crippen molar-refractivity contribution in [1.29, 1.82) is 0 Å². The molecule has 8 nitrogen and oxygen atoms in total. The molecule has 0 aromatic heterocycles. The van der Waals surface area contributed by atoms with E-state index in [4.69, 9.17) is 9.47 Å². The number of benzene rings is 3. The third-order valence-electron chi connectivity index (χ3n) is 8.79. The van der Waals surface area contributed by atoms with Crippen molar-refractivity contribution in [1.82, 2.24) is 10.2 Å². The van der Waals surface area contributed by atoms with Gasteiger partial charge in [-0.1, -0.05) is 84.9 Å². The van der Waals surface area contributed by atoms with Gasteiger partial charge in [-0.3, -0.25) is 14.4 Å². The van der Waals surface area contributed by atoms with Crippen LogP contribution in [0.3, 0.4) is 0 Å². The molecule has 1 saturated heterocycles. The highest BCUT2D eigenvalue weighted by atomic mass is 16.5. The Morgan fingerprint density at radius 1 is 0.848 bits per heavy atom. The summed E-state index contributed by atoms with van der Waals surface area (Å²) in [5, 5.41) is 12.8. The molecular formula is C38H44N2O6. The SMILES string of the molecule is O=C1N[C@@H](Cc2ccc(OCc3ccccc3)cc2)COC(=O)[C@@H](Cc2ccccc2)CC=CC[C@@H]1CC(=O)N1CCC[C@H]1CO. The average Bonchev–Trinajstić information content (AvgIpc) is 3.57. The number of allylic oxidation sites excluding steroid dienone is 2. The summed E-state index contributed by atoms with van der Waals surface area (Å²) in [5.41, 5.74) is 3.09. The minimum atomic E-state index is -0.581. The Balaban J connectivity index is 1.30. The van der Waals surface area contributed by atoms with Crippen LogP contribution in [-0.4, -0.2) is 59.6 Å². The zero-order valence-electron chi connectivity index (χ0n) is 26.3. The Morgan fingerprint density at radius 3 is 2.20 bits per heavy atom. The Morgan fingerprint density at radius 2 is 1.50 bits per heavy atom. The van der Waals surface area contributed by atoms with E-state index in [1.165, 1.54) is 0 Å². The number of cyclic esters (lactones) is 1. The fourth-order valence-electron chi connectivity index (χ4n) is 6.17. The van der Waals surface area contributed by atoms with E-state index in [9.17, 15) is 19.5 Å². The molecule has 0 spiro atoms. The van der Waals surface area contributed by atoms with E-state index in [0.29, 0.717) is 38.8 Å². The predicted molar refractivity (Wildman–Crippen MR) is 176 cm³/mol. The lowest BCUT2D eigenvalue weighted by Gasteiger charge is -2.27. The van der Waals surface area contributed by atoms with Gasteiger partial charge in [0.05, 0.1) is 30.5 Å². The van der Waals surface area contributed by atoms with Gasteiger partial charge in [0.15, 0.2) is 0 Å². The van der Waals surface area contributed by atoms with Crippen molar-refractivity contribution in [3.05, 3.63) is 114 Å². The normalized spacial score (nSPS) is 22.3. The number of esters is 1. The second-order valence-corrected chi connectivity index (χ2v) is 12.3. The number of nitrogens with zero attached hydrogens (tertiary/aromatic N) is 1. The molecule has 2 aliphatic heterocycles. The Bertz CT molecular complexity index is 1440. The molecule has 242 valence electrons. The zero-order valence-corrected chi connectivity index (χ0v) is 26.3. The predicted octanol–water partition coefficient (Wildman–Crippen LogP) is 5.03. The van der Waals surface area contributed by atoms with E-state index in [1.54, 1.807) is 4.90 Å². The first-order chi connectivity index (χ1) is 22.5. The molecule has 2 heterocycles. The van der Waals surface area contributed by atoms with Crippen LogP contribution >= 0.6 is 0 Å². The summed E-state index contributed by atoms with van der Waals surface area (Å²) in [7, 11) is 0.